The highest BCUT2D eigenvalue weighted by atomic mass is 79.9. The second-order valence-electron chi connectivity index (χ2n) is 3.79. The molecule has 1 unspecified atom stereocenters. The largest absolute Gasteiger partial charge is 0.438 e. The van der Waals surface area contributed by atoms with Crippen molar-refractivity contribution >= 4 is 27.7 Å². The lowest BCUT2D eigenvalue weighted by Gasteiger charge is -2.34. The summed E-state index contributed by atoms with van der Waals surface area (Å²) in [4.78, 5) is 11.3. The summed E-state index contributed by atoms with van der Waals surface area (Å²) in [6.07, 6.45) is 0.373. The number of amides is 1. The molecule has 3 nitrogen and oxygen atoms in total. The van der Waals surface area contributed by atoms with Gasteiger partial charge in [-0.25, -0.2) is 4.79 Å². The molecule has 0 saturated heterocycles. The number of halogens is 1. The predicted molar refractivity (Wildman–Crippen MR) is 61.9 cm³/mol. The Morgan fingerprint density at radius 2 is 2.27 bits per heavy atom. The summed E-state index contributed by atoms with van der Waals surface area (Å²) in [6, 6.07) is 5.77. The Hall–Kier alpha value is -1.03. The highest BCUT2D eigenvalue weighted by Crippen LogP contribution is 2.39. The molecular weight excluding hydrogens is 258 g/mol. The normalized spacial score (nSPS) is 24.1. The third-order valence-corrected chi connectivity index (χ3v) is 3.27. The van der Waals surface area contributed by atoms with E-state index < -0.39 is 5.60 Å². The van der Waals surface area contributed by atoms with Gasteiger partial charge in [0.2, 0.25) is 0 Å². The molecule has 0 radical (unpaired) electrons. The first-order chi connectivity index (χ1) is 7.05. The fraction of sp³-hybridized carbons (Fsp3) is 0.364. The van der Waals surface area contributed by atoms with Crippen LogP contribution in [0.25, 0.3) is 0 Å². The minimum absolute atomic E-state index is 0.380. The van der Waals surface area contributed by atoms with Crippen molar-refractivity contribution in [2.24, 2.45) is 0 Å². The number of cyclic esters (lactones) is 1. The number of fused-ring (bicyclic) bond motifs is 1. The Bertz CT molecular complexity index is 419. The van der Waals surface area contributed by atoms with E-state index in [1.807, 2.05) is 32.0 Å². The zero-order valence-corrected chi connectivity index (χ0v) is 10.2. The molecule has 0 bridgehead atoms. The number of hydrogen-bond donors (Lipinski definition) is 1. The molecule has 0 aromatic heterocycles. The molecule has 1 aromatic rings. The van der Waals surface area contributed by atoms with E-state index in [2.05, 4.69) is 21.2 Å². The van der Waals surface area contributed by atoms with Crippen LogP contribution in [0.4, 0.5) is 10.5 Å². The van der Waals surface area contributed by atoms with E-state index in [9.17, 15) is 4.79 Å². The van der Waals surface area contributed by atoms with Crippen LogP contribution in [0, 0.1) is 0 Å². The molecule has 1 aliphatic rings. The number of nitrogens with one attached hydrogen (secondary N) is 1. The number of anilines is 1. The average molecular weight is 270 g/mol. The maximum Gasteiger partial charge on any atom is 0.412 e. The molecule has 1 aromatic carbocycles. The van der Waals surface area contributed by atoms with Crippen molar-refractivity contribution in [1.82, 2.24) is 0 Å². The molecule has 1 heterocycles. The Labute approximate surface area is 96.9 Å². The average Bonchev–Trinajstić information content (AvgIpc) is 2.19. The van der Waals surface area contributed by atoms with Crippen LogP contribution in [0.15, 0.2) is 22.7 Å². The molecule has 0 aliphatic carbocycles. The Morgan fingerprint density at radius 1 is 1.53 bits per heavy atom. The molecule has 1 aliphatic heterocycles. The molecular formula is C11H12BrNO2. The Morgan fingerprint density at radius 3 is 2.93 bits per heavy atom. The first-order valence-electron chi connectivity index (χ1n) is 4.85. The van der Waals surface area contributed by atoms with Gasteiger partial charge in [-0.2, -0.15) is 0 Å². The number of ether oxygens (including phenoxy) is 1. The smallest absolute Gasteiger partial charge is 0.412 e. The highest BCUT2D eigenvalue weighted by molar-refractivity contribution is 9.10. The van der Waals surface area contributed by atoms with Gasteiger partial charge in [0.05, 0.1) is 5.69 Å². The van der Waals surface area contributed by atoms with Gasteiger partial charge in [0.1, 0.15) is 5.60 Å². The molecule has 0 spiro atoms. The van der Waals surface area contributed by atoms with E-state index >= 15 is 0 Å². The number of carbonyl (C=O) groups is 1. The second kappa shape index (κ2) is 3.52. The van der Waals surface area contributed by atoms with Crippen molar-refractivity contribution in [2.45, 2.75) is 25.9 Å². The van der Waals surface area contributed by atoms with E-state index in [1.54, 1.807) is 0 Å². The lowest BCUT2D eigenvalue weighted by molar-refractivity contribution is 0.0236. The van der Waals surface area contributed by atoms with Gasteiger partial charge in [-0.15, -0.1) is 0 Å². The monoisotopic (exact) mass is 269 g/mol. The van der Waals surface area contributed by atoms with Crippen LogP contribution in [0.3, 0.4) is 0 Å². The lowest BCUT2D eigenvalue weighted by Crippen LogP contribution is -2.36. The minimum Gasteiger partial charge on any atom is -0.438 e. The standard InChI is InChI=1S/C11H12BrNO2/c1-3-11(2)8-6-7(12)4-5-9(8)13-10(14)15-11/h4-6H,3H2,1-2H3,(H,13,14). The van der Waals surface area contributed by atoms with Crippen molar-refractivity contribution in [3.8, 4) is 0 Å². The molecule has 0 fully saturated rings. The third kappa shape index (κ3) is 1.74. The summed E-state index contributed by atoms with van der Waals surface area (Å²) in [5.74, 6) is 0. The van der Waals surface area contributed by atoms with Gasteiger partial charge in [0.25, 0.3) is 0 Å². The lowest BCUT2D eigenvalue weighted by atomic mass is 9.90. The van der Waals surface area contributed by atoms with Crippen LogP contribution >= 0.6 is 15.9 Å². The molecule has 2 rings (SSSR count). The van der Waals surface area contributed by atoms with Crippen LogP contribution in [-0.4, -0.2) is 6.09 Å². The summed E-state index contributed by atoms with van der Waals surface area (Å²) in [6.45, 7) is 3.93. The van der Waals surface area contributed by atoms with Gasteiger partial charge in [0.15, 0.2) is 0 Å². The first-order valence-corrected chi connectivity index (χ1v) is 5.64. The minimum atomic E-state index is -0.526. The second-order valence-corrected chi connectivity index (χ2v) is 4.70. The first kappa shape index (κ1) is 10.5. The number of rotatable bonds is 1. The van der Waals surface area contributed by atoms with Crippen LogP contribution < -0.4 is 5.32 Å². The van der Waals surface area contributed by atoms with Crippen LogP contribution in [0.2, 0.25) is 0 Å². The predicted octanol–water partition coefficient (Wildman–Crippen LogP) is 3.64. The third-order valence-electron chi connectivity index (χ3n) is 2.78. The van der Waals surface area contributed by atoms with Crippen LogP contribution in [0.1, 0.15) is 25.8 Å². The van der Waals surface area contributed by atoms with E-state index in [0.29, 0.717) is 0 Å². The Kier molecular flexibility index (Phi) is 2.46. The molecule has 1 amide bonds. The Balaban J connectivity index is 2.57. The molecule has 15 heavy (non-hydrogen) atoms. The number of hydrogen-bond acceptors (Lipinski definition) is 2. The fourth-order valence-corrected chi connectivity index (χ4v) is 2.08. The van der Waals surface area contributed by atoms with Gasteiger partial charge < -0.3 is 4.74 Å². The maximum absolute atomic E-state index is 11.3. The molecule has 0 saturated carbocycles. The zero-order chi connectivity index (χ0) is 11.1. The summed E-state index contributed by atoms with van der Waals surface area (Å²) >= 11 is 3.42. The molecule has 4 heteroatoms. The van der Waals surface area contributed by atoms with Crippen molar-refractivity contribution in [1.29, 1.82) is 0 Å². The van der Waals surface area contributed by atoms with Crippen molar-refractivity contribution < 1.29 is 9.53 Å². The molecule has 1 N–H and O–H groups in total. The van der Waals surface area contributed by atoms with Crippen molar-refractivity contribution in [3.05, 3.63) is 28.2 Å². The van der Waals surface area contributed by atoms with Crippen molar-refractivity contribution in [2.75, 3.05) is 5.32 Å². The van der Waals surface area contributed by atoms with Gasteiger partial charge in [-0.1, -0.05) is 22.9 Å². The van der Waals surface area contributed by atoms with Gasteiger partial charge in [0, 0.05) is 10.0 Å². The SMILES string of the molecule is CCC1(C)OC(=O)Nc2ccc(Br)cc21. The molecule has 80 valence electrons. The molecule has 1 atom stereocenters. The van der Waals surface area contributed by atoms with E-state index in [4.69, 9.17) is 4.74 Å². The topological polar surface area (TPSA) is 38.3 Å². The number of carbonyl (C=O) groups excluding carboxylic acids is 1. The summed E-state index contributed by atoms with van der Waals surface area (Å²) in [5, 5.41) is 2.69. The summed E-state index contributed by atoms with van der Waals surface area (Å²) in [7, 11) is 0. The highest BCUT2D eigenvalue weighted by Gasteiger charge is 2.36. The van der Waals surface area contributed by atoms with Crippen molar-refractivity contribution in [3.63, 3.8) is 0 Å². The number of benzene rings is 1. The van der Waals surface area contributed by atoms with E-state index in [1.165, 1.54) is 0 Å². The van der Waals surface area contributed by atoms with Crippen LogP contribution in [0.5, 0.6) is 0 Å². The maximum atomic E-state index is 11.3. The fourth-order valence-electron chi connectivity index (χ4n) is 1.72. The van der Waals surface area contributed by atoms with E-state index in [-0.39, 0.29) is 6.09 Å². The van der Waals surface area contributed by atoms with Gasteiger partial charge in [-0.3, -0.25) is 5.32 Å². The van der Waals surface area contributed by atoms with Gasteiger partial charge >= 0.3 is 6.09 Å². The van der Waals surface area contributed by atoms with Gasteiger partial charge in [-0.05, 0) is 31.5 Å². The summed E-state index contributed by atoms with van der Waals surface area (Å²) < 4.78 is 6.32. The van der Waals surface area contributed by atoms with Crippen LogP contribution in [-0.2, 0) is 10.3 Å². The summed E-state index contributed by atoms with van der Waals surface area (Å²) in [5.41, 5.74) is 1.32. The quantitative estimate of drug-likeness (QED) is 0.846. The zero-order valence-electron chi connectivity index (χ0n) is 8.63. The van der Waals surface area contributed by atoms with E-state index in [0.717, 1.165) is 22.1 Å².